The highest BCUT2D eigenvalue weighted by atomic mass is 32.2. The van der Waals surface area contributed by atoms with Crippen molar-refractivity contribution in [1.82, 2.24) is 0 Å². The second-order valence-electron chi connectivity index (χ2n) is 6.64. The van der Waals surface area contributed by atoms with E-state index in [2.05, 4.69) is 36.9 Å². The van der Waals surface area contributed by atoms with Crippen molar-refractivity contribution in [1.29, 1.82) is 0 Å². The highest BCUT2D eigenvalue weighted by Gasteiger charge is 2.28. The summed E-state index contributed by atoms with van der Waals surface area (Å²) >= 11 is 1.86. The Morgan fingerprint density at radius 3 is 2.84 bits per heavy atom. The number of hydrogen-bond donors (Lipinski definition) is 0. The highest BCUT2D eigenvalue weighted by molar-refractivity contribution is 8.11. The van der Waals surface area contributed by atoms with Gasteiger partial charge in [-0.1, -0.05) is 41.6 Å². The lowest BCUT2D eigenvalue weighted by Gasteiger charge is -2.14. The molecule has 2 aromatic carbocycles. The van der Waals surface area contributed by atoms with E-state index in [0.29, 0.717) is 11.5 Å². The van der Waals surface area contributed by atoms with Crippen molar-refractivity contribution in [3.05, 3.63) is 69.8 Å². The molecule has 0 atom stereocenters. The standard InChI is InChI=1S/C22H20O2S/c1-14-5-3-8-20(16-10-11-16)25-21(14)18-7-4-6-15-9-12-17(13-19(15)18)22(23)24-2/h3-4,6-7,9,12-13,16H,5,10-11H2,1-2H3. The zero-order valence-corrected chi connectivity index (χ0v) is 15.3. The van der Waals surface area contributed by atoms with Crippen LogP contribution in [0.25, 0.3) is 15.7 Å². The summed E-state index contributed by atoms with van der Waals surface area (Å²) in [6.07, 6.45) is 5.63. The van der Waals surface area contributed by atoms with Gasteiger partial charge in [0.15, 0.2) is 0 Å². The molecule has 0 radical (unpaired) electrons. The summed E-state index contributed by atoms with van der Waals surface area (Å²) in [4.78, 5) is 14.6. The van der Waals surface area contributed by atoms with E-state index in [-0.39, 0.29) is 5.97 Å². The number of esters is 1. The normalized spacial score (nSPS) is 17.4. The third-order valence-electron chi connectivity index (χ3n) is 4.75. The SMILES string of the molecule is COC(=O)c1ccc2cccc(C3=C(C)CC=C=C(C4CC4)S3)c2c1. The molecule has 3 heteroatoms. The largest absolute Gasteiger partial charge is 0.465 e. The highest BCUT2D eigenvalue weighted by Crippen LogP contribution is 2.49. The average molecular weight is 348 g/mol. The number of methoxy groups -OCH3 is 1. The predicted octanol–water partition coefficient (Wildman–Crippen LogP) is 5.94. The van der Waals surface area contributed by atoms with Crippen molar-refractivity contribution in [2.24, 2.45) is 5.92 Å². The van der Waals surface area contributed by atoms with E-state index in [1.807, 2.05) is 30.0 Å². The van der Waals surface area contributed by atoms with E-state index >= 15 is 0 Å². The third kappa shape index (κ3) is 3.18. The molecule has 1 fully saturated rings. The number of carbonyl (C=O) groups excluding carboxylic acids is 1. The van der Waals surface area contributed by atoms with Gasteiger partial charge in [0, 0.05) is 9.81 Å². The van der Waals surface area contributed by atoms with Gasteiger partial charge < -0.3 is 4.74 Å². The summed E-state index contributed by atoms with van der Waals surface area (Å²) in [5.41, 5.74) is 6.64. The van der Waals surface area contributed by atoms with Crippen LogP contribution in [0.2, 0.25) is 0 Å². The molecule has 0 N–H and O–H groups in total. The number of carbonyl (C=O) groups is 1. The van der Waals surface area contributed by atoms with Gasteiger partial charge in [0.1, 0.15) is 0 Å². The quantitative estimate of drug-likeness (QED) is 0.507. The Hall–Kier alpha value is -2.22. The van der Waals surface area contributed by atoms with Gasteiger partial charge in [-0.3, -0.25) is 0 Å². The van der Waals surface area contributed by atoms with Crippen LogP contribution in [-0.4, -0.2) is 13.1 Å². The van der Waals surface area contributed by atoms with Gasteiger partial charge in [0.05, 0.1) is 12.7 Å². The van der Waals surface area contributed by atoms with Crippen molar-refractivity contribution in [3.63, 3.8) is 0 Å². The van der Waals surface area contributed by atoms with Crippen LogP contribution in [0.4, 0.5) is 0 Å². The Morgan fingerprint density at radius 2 is 2.08 bits per heavy atom. The minimum absolute atomic E-state index is 0.295. The molecule has 1 aliphatic heterocycles. The topological polar surface area (TPSA) is 26.3 Å². The predicted molar refractivity (Wildman–Crippen MR) is 104 cm³/mol. The Balaban J connectivity index is 1.85. The minimum atomic E-state index is -0.295. The van der Waals surface area contributed by atoms with Crippen LogP contribution in [0.1, 0.15) is 42.1 Å². The molecule has 1 heterocycles. The van der Waals surface area contributed by atoms with Gasteiger partial charge in [-0.2, -0.15) is 0 Å². The second kappa shape index (κ2) is 6.59. The van der Waals surface area contributed by atoms with E-state index in [9.17, 15) is 4.79 Å². The lowest BCUT2D eigenvalue weighted by molar-refractivity contribution is 0.0601. The molecule has 0 amide bonds. The number of allylic oxidation sites excluding steroid dienone is 2. The zero-order valence-electron chi connectivity index (χ0n) is 14.5. The van der Waals surface area contributed by atoms with Crippen LogP contribution in [-0.2, 0) is 4.74 Å². The summed E-state index contributed by atoms with van der Waals surface area (Å²) in [5, 5.41) is 2.24. The Labute approximate surface area is 152 Å². The van der Waals surface area contributed by atoms with Crippen molar-refractivity contribution in [2.45, 2.75) is 26.2 Å². The van der Waals surface area contributed by atoms with Crippen molar-refractivity contribution < 1.29 is 9.53 Å². The molecule has 1 aliphatic carbocycles. The van der Waals surface area contributed by atoms with E-state index in [0.717, 1.165) is 17.2 Å². The summed E-state index contributed by atoms with van der Waals surface area (Å²) < 4.78 is 4.89. The van der Waals surface area contributed by atoms with E-state index in [1.165, 1.54) is 40.9 Å². The van der Waals surface area contributed by atoms with Crippen LogP contribution in [0.3, 0.4) is 0 Å². The van der Waals surface area contributed by atoms with Crippen LogP contribution < -0.4 is 0 Å². The first-order valence-corrected chi connectivity index (χ1v) is 9.43. The summed E-state index contributed by atoms with van der Waals surface area (Å²) in [6, 6.07) is 12.1. The van der Waals surface area contributed by atoms with Crippen LogP contribution in [0.5, 0.6) is 0 Å². The summed E-state index contributed by atoms with van der Waals surface area (Å²) in [5.74, 6) is 0.388. The van der Waals surface area contributed by atoms with Crippen molar-refractivity contribution >= 4 is 33.4 Å². The molecule has 0 unspecified atom stereocenters. The molecule has 0 spiro atoms. The average Bonchev–Trinajstić information content (AvgIpc) is 3.48. The summed E-state index contributed by atoms with van der Waals surface area (Å²) in [7, 11) is 1.42. The molecule has 25 heavy (non-hydrogen) atoms. The first-order chi connectivity index (χ1) is 12.2. The number of fused-ring (bicyclic) bond motifs is 1. The maximum atomic E-state index is 12.0. The van der Waals surface area contributed by atoms with Crippen LogP contribution >= 0.6 is 11.8 Å². The smallest absolute Gasteiger partial charge is 0.337 e. The Kier molecular flexibility index (Phi) is 4.29. The van der Waals surface area contributed by atoms with Gasteiger partial charge in [-0.05, 0) is 66.6 Å². The first-order valence-electron chi connectivity index (χ1n) is 8.61. The Morgan fingerprint density at radius 1 is 1.24 bits per heavy atom. The molecule has 0 saturated heterocycles. The summed E-state index contributed by atoms with van der Waals surface area (Å²) in [6.45, 7) is 2.19. The maximum Gasteiger partial charge on any atom is 0.337 e. The number of benzene rings is 2. The van der Waals surface area contributed by atoms with E-state index in [1.54, 1.807) is 0 Å². The number of thioether (sulfide) groups is 1. The fourth-order valence-corrected chi connectivity index (χ4v) is 4.48. The van der Waals surface area contributed by atoms with E-state index in [4.69, 9.17) is 4.74 Å². The van der Waals surface area contributed by atoms with Gasteiger partial charge in [-0.15, -0.1) is 5.73 Å². The van der Waals surface area contributed by atoms with Gasteiger partial charge in [-0.25, -0.2) is 4.79 Å². The molecule has 1 saturated carbocycles. The minimum Gasteiger partial charge on any atom is -0.465 e. The van der Waals surface area contributed by atoms with Crippen LogP contribution in [0, 0.1) is 5.92 Å². The monoisotopic (exact) mass is 348 g/mol. The van der Waals surface area contributed by atoms with Gasteiger partial charge in [0.25, 0.3) is 0 Å². The first kappa shape index (κ1) is 16.3. The number of ether oxygens (including phenoxy) is 1. The molecular formula is C22H20O2S. The third-order valence-corrected chi connectivity index (χ3v) is 6.19. The molecule has 2 aliphatic rings. The number of hydrogen-bond acceptors (Lipinski definition) is 3. The van der Waals surface area contributed by atoms with Crippen LogP contribution in [0.15, 0.2) is 58.7 Å². The van der Waals surface area contributed by atoms with E-state index < -0.39 is 0 Å². The maximum absolute atomic E-state index is 12.0. The molecule has 126 valence electrons. The molecule has 4 rings (SSSR count). The zero-order chi connectivity index (χ0) is 17.4. The fourth-order valence-electron chi connectivity index (χ4n) is 3.17. The fraction of sp³-hybridized carbons (Fsp3) is 0.273. The molecule has 2 aromatic rings. The van der Waals surface area contributed by atoms with Crippen molar-refractivity contribution in [3.8, 4) is 0 Å². The van der Waals surface area contributed by atoms with Gasteiger partial charge >= 0.3 is 5.97 Å². The molecule has 0 aromatic heterocycles. The lowest BCUT2D eigenvalue weighted by Crippen LogP contribution is -2.01. The molecule has 0 bridgehead atoms. The molecular weight excluding hydrogens is 328 g/mol. The lowest BCUT2D eigenvalue weighted by atomic mass is 9.99. The Bertz CT molecular complexity index is 957. The number of rotatable bonds is 3. The molecule has 2 nitrogen and oxygen atoms in total. The van der Waals surface area contributed by atoms with Gasteiger partial charge in [0.2, 0.25) is 0 Å². The van der Waals surface area contributed by atoms with Crippen molar-refractivity contribution in [2.75, 3.05) is 7.11 Å². The second-order valence-corrected chi connectivity index (χ2v) is 7.69.